The Kier molecular flexibility index (Phi) is 6.32. The molecule has 1 aliphatic rings. The molecule has 1 aromatic heterocycles. The largest absolute Gasteiger partial charge is 0.482 e. The quantitative estimate of drug-likeness (QED) is 0.574. The molecule has 1 fully saturated rings. The summed E-state index contributed by atoms with van der Waals surface area (Å²) < 4.78 is 80.6. The Morgan fingerprint density at radius 1 is 1.09 bits per heavy atom. The van der Waals surface area contributed by atoms with Crippen LogP contribution in [0.5, 0.6) is 5.75 Å². The van der Waals surface area contributed by atoms with Crippen LogP contribution < -0.4 is 10.1 Å². The number of furan rings is 1. The minimum absolute atomic E-state index is 0.0978. The van der Waals surface area contributed by atoms with Gasteiger partial charge in [-0.25, -0.2) is 8.42 Å². The number of nitrogens with zero attached hydrogens (tertiary/aromatic N) is 1. The van der Waals surface area contributed by atoms with Crippen molar-refractivity contribution in [1.29, 1.82) is 0 Å². The van der Waals surface area contributed by atoms with E-state index in [4.69, 9.17) is 13.9 Å². The molecular weight excluding hydrogens is 465 g/mol. The predicted octanol–water partition coefficient (Wildman–Crippen LogP) is 3.65. The Morgan fingerprint density at radius 3 is 2.52 bits per heavy atom. The van der Waals surface area contributed by atoms with Crippen LogP contribution in [0, 0.1) is 0 Å². The van der Waals surface area contributed by atoms with E-state index in [2.05, 4.69) is 5.32 Å². The number of amides is 1. The van der Waals surface area contributed by atoms with Crippen LogP contribution in [0.1, 0.15) is 10.6 Å². The van der Waals surface area contributed by atoms with Gasteiger partial charge in [-0.2, -0.15) is 17.5 Å². The molecule has 0 radical (unpaired) electrons. The van der Waals surface area contributed by atoms with Crippen LogP contribution in [0.4, 0.5) is 18.9 Å². The van der Waals surface area contributed by atoms with Crippen molar-refractivity contribution in [1.82, 2.24) is 4.31 Å². The summed E-state index contributed by atoms with van der Waals surface area (Å²) in [5.74, 6) is -1.21. The molecule has 0 atom stereocenters. The summed E-state index contributed by atoms with van der Waals surface area (Å²) in [6.07, 6.45) is -4.63. The zero-order valence-electron chi connectivity index (χ0n) is 17.1. The normalized spacial score (nSPS) is 15.5. The molecule has 33 heavy (non-hydrogen) atoms. The highest BCUT2D eigenvalue weighted by molar-refractivity contribution is 7.89. The Bertz CT molecular complexity index is 1230. The summed E-state index contributed by atoms with van der Waals surface area (Å²) >= 11 is 0. The molecule has 176 valence electrons. The molecule has 12 heteroatoms. The van der Waals surface area contributed by atoms with Gasteiger partial charge in [0.25, 0.3) is 5.91 Å². The summed E-state index contributed by atoms with van der Waals surface area (Å²) in [5, 5.41) is 3.06. The standard InChI is InChI=1S/C21H19F3N2O6S/c22-21(23,24)13-31-18-6-5-15(33(28,29)26-7-9-30-10-8-26)12-16(18)25-20(27)19-11-14-3-1-2-4-17(14)32-19/h1-6,11-12H,7-10,13H2,(H,25,27). The monoisotopic (exact) mass is 484 g/mol. The van der Waals surface area contributed by atoms with Gasteiger partial charge in [0.1, 0.15) is 11.3 Å². The Labute approximate surface area is 186 Å². The molecule has 4 rings (SSSR count). The molecule has 0 unspecified atom stereocenters. The molecule has 0 aliphatic carbocycles. The van der Waals surface area contributed by atoms with Crippen molar-refractivity contribution in [2.45, 2.75) is 11.1 Å². The first-order valence-corrected chi connectivity index (χ1v) is 11.3. The topological polar surface area (TPSA) is 98.1 Å². The number of anilines is 1. The number of hydrogen-bond donors (Lipinski definition) is 1. The average Bonchev–Trinajstić information content (AvgIpc) is 3.23. The van der Waals surface area contributed by atoms with Crippen molar-refractivity contribution in [3.63, 3.8) is 0 Å². The van der Waals surface area contributed by atoms with Crippen LogP contribution in [0.2, 0.25) is 0 Å². The fourth-order valence-electron chi connectivity index (χ4n) is 3.27. The average molecular weight is 484 g/mol. The number of fused-ring (bicyclic) bond motifs is 1. The van der Waals surface area contributed by atoms with Gasteiger partial charge in [0.05, 0.1) is 23.8 Å². The fraction of sp³-hybridized carbons (Fsp3) is 0.286. The number of halogens is 3. The van der Waals surface area contributed by atoms with Crippen LogP contribution >= 0.6 is 0 Å². The van der Waals surface area contributed by atoms with Gasteiger partial charge in [0.15, 0.2) is 12.4 Å². The van der Waals surface area contributed by atoms with E-state index in [1.165, 1.54) is 10.4 Å². The molecule has 1 aliphatic heterocycles. The lowest BCUT2D eigenvalue weighted by atomic mass is 10.2. The molecule has 0 saturated carbocycles. The number of nitrogens with one attached hydrogen (secondary N) is 1. The predicted molar refractivity (Wildman–Crippen MR) is 112 cm³/mol. The van der Waals surface area contributed by atoms with Crippen molar-refractivity contribution in [3.8, 4) is 5.75 Å². The maximum absolute atomic E-state index is 13.0. The fourth-order valence-corrected chi connectivity index (χ4v) is 4.70. The maximum Gasteiger partial charge on any atom is 0.422 e. The maximum atomic E-state index is 13.0. The number of ether oxygens (including phenoxy) is 2. The highest BCUT2D eigenvalue weighted by Crippen LogP contribution is 2.32. The van der Waals surface area contributed by atoms with Crippen molar-refractivity contribution < 1.29 is 40.3 Å². The first kappa shape index (κ1) is 23.1. The second-order valence-corrected chi connectivity index (χ2v) is 9.12. The second kappa shape index (κ2) is 9.04. The van der Waals surface area contributed by atoms with Gasteiger partial charge in [-0.3, -0.25) is 4.79 Å². The van der Waals surface area contributed by atoms with Crippen LogP contribution in [-0.2, 0) is 14.8 Å². The first-order chi connectivity index (χ1) is 15.6. The summed E-state index contributed by atoms with van der Waals surface area (Å²) in [6, 6.07) is 11.6. The van der Waals surface area contributed by atoms with E-state index in [-0.39, 0.29) is 48.4 Å². The van der Waals surface area contributed by atoms with Gasteiger partial charge in [-0.05, 0) is 30.3 Å². The lowest BCUT2D eigenvalue weighted by molar-refractivity contribution is -0.153. The van der Waals surface area contributed by atoms with Crippen LogP contribution in [0.25, 0.3) is 11.0 Å². The van der Waals surface area contributed by atoms with Gasteiger partial charge in [0, 0.05) is 18.5 Å². The smallest absolute Gasteiger partial charge is 0.422 e. The number of rotatable bonds is 6. The molecule has 2 heterocycles. The minimum Gasteiger partial charge on any atom is -0.482 e. The summed E-state index contributed by atoms with van der Waals surface area (Å²) in [6.45, 7) is -0.899. The molecule has 1 amide bonds. The number of para-hydroxylation sites is 1. The number of carbonyl (C=O) groups excluding carboxylic acids is 1. The molecule has 1 saturated heterocycles. The summed E-state index contributed by atoms with van der Waals surface area (Å²) in [5.41, 5.74) is 0.207. The Morgan fingerprint density at radius 2 is 1.82 bits per heavy atom. The van der Waals surface area contributed by atoms with E-state index >= 15 is 0 Å². The van der Waals surface area contributed by atoms with Gasteiger partial charge in [0.2, 0.25) is 10.0 Å². The zero-order valence-corrected chi connectivity index (χ0v) is 17.9. The SMILES string of the molecule is O=C(Nc1cc(S(=O)(=O)N2CCOCC2)ccc1OCC(F)(F)F)c1cc2ccccc2o1. The number of morpholine rings is 1. The van der Waals surface area contributed by atoms with E-state index in [0.29, 0.717) is 11.0 Å². The molecule has 8 nitrogen and oxygen atoms in total. The number of benzene rings is 2. The lowest BCUT2D eigenvalue weighted by Gasteiger charge is -2.26. The number of hydrogen-bond acceptors (Lipinski definition) is 6. The molecule has 3 aromatic rings. The van der Waals surface area contributed by atoms with E-state index in [1.807, 2.05) is 0 Å². The summed E-state index contributed by atoms with van der Waals surface area (Å²) in [7, 11) is -3.96. The van der Waals surface area contributed by atoms with Crippen LogP contribution in [0.3, 0.4) is 0 Å². The van der Waals surface area contributed by atoms with Crippen LogP contribution in [0.15, 0.2) is 57.8 Å². The Balaban J connectivity index is 1.66. The van der Waals surface area contributed by atoms with Crippen molar-refractivity contribution in [3.05, 3.63) is 54.3 Å². The van der Waals surface area contributed by atoms with Gasteiger partial charge in [-0.15, -0.1) is 0 Å². The molecule has 2 aromatic carbocycles. The van der Waals surface area contributed by atoms with E-state index < -0.39 is 28.7 Å². The molecule has 0 spiro atoms. The number of alkyl halides is 3. The van der Waals surface area contributed by atoms with Gasteiger partial charge in [-0.1, -0.05) is 18.2 Å². The van der Waals surface area contributed by atoms with Gasteiger partial charge >= 0.3 is 6.18 Å². The highest BCUT2D eigenvalue weighted by atomic mass is 32.2. The third-order valence-electron chi connectivity index (χ3n) is 4.85. The van der Waals surface area contributed by atoms with Crippen molar-refractivity contribution >= 4 is 32.6 Å². The summed E-state index contributed by atoms with van der Waals surface area (Å²) in [4.78, 5) is 12.5. The van der Waals surface area contributed by atoms with Crippen LogP contribution in [-0.4, -0.2) is 57.7 Å². The third kappa shape index (κ3) is 5.29. The number of sulfonamides is 1. The van der Waals surface area contributed by atoms with E-state index in [9.17, 15) is 26.4 Å². The number of carbonyl (C=O) groups is 1. The zero-order chi connectivity index (χ0) is 23.6. The third-order valence-corrected chi connectivity index (χ3v) is 6.74. The van der Waals surface area contributed by atoms with Crippen molar-refractivity contribution in [2.75, 3.05) is 38.2 Å². The van der Waals surface area contributed by atoms with Gasteiger partial charge < -0.3 is 19.2 Å². The molecule has 0 bridgehead atoms. The molecular formula is C21H19F3N2O6S. The molecule has 1 N–H and O–H groups in total. The lowest BCUT2D eigenvalue weighted by Crippen LogP contribution is -2.40. The van der Waals surface area contributed by atoms with E-state index in [0.717, 1.165) is 18.2 Å². The minimum atomic E-state index is -4.63. The van der Waals surface area contributed by atoms with E-state index in [1.54, 1.807) is 24.3 Å². The van der Waals surface area contributed by atoms with Crippen molar-refractivity contribution in [2.24, 2.45) is 0 Å². The second-order valence-electron chi connectivity index (χ2n) is 7.18. The first-order valence-electron chi connectivity index (χ1n) is 9.85. The highest BCUT2D eigenvalue weighted by Gasteiger charge is 2.31. The Hall–Kier alpha value is -3.09.